The number of aliphatic hydroxyl groups excluding tert-OH is 1. The summed E-state index contributed by atoms with van der Waals surface area (Å²) in [5.74, 6) is 0. The molecule has 15 heavy (non-hydrogen) atoms. The average Bonchev–Trinajstić information content (AvgIpc) is 2.59. The lowest BCUT2D eigenvalue weighted by Crippen LogP contribution is -2.12. The lowest BCUT2D eigenvalue weighted by Gasteiger charge is -2.14. The third-order valence-electron chi connectivity index (χ3n) is 3.01. The van der Waals surface area contributed by atoms with Gasteiger partial charge in [-0.05, 0) is 36.1 Å². The van der Waals surface area contributed by atoms with E-state index in [4.69, 9.17) is 0 Å². The van der Waals surface area contributed by atoms with Crippen molar-refractivity contribution in [2.75, 3.05) is 18.5 Å². The molecule has 1 atom stereocenters. The van der Waals surface area contributed by atoms with Crippen LogP contribution in [0.4, 0.5) is 5.69 Å². The highest BCUT2D eigenvalue weighted by Crippen LogP contribution is 2.30. The van der Waals surface area contributed by atoms with Crippen LogP contribution >= 0.6 is 0 Å². The van der Waals surface area contributed by atoms with Crippen molar-refractivity contribution in [3.63, 3.8) is 0 Å². The van der Waals surface area contributed by atoms with Crippen LogP contribution in [0.2, 0.25) is 0 Å². The van der Waals surface area contributed by atoms with E-state index in [1.165, 1.54) is 11.3 Å². The second kappa shape index (κ2) is 3.70. The highest BCUT2D eigenvalue weighted by atomic mass is 16.3. The van der Waals surface area contributed by atoms with E-state index in [1.807, 2.05) is 13.0 Å². The Morgan fingerprint density at radius 2 is 2.27 bits per heavy atom. The van der Waals surface area contributed by atoms with Gasteiger partial charge in [0.2, 0.25) is 0 Å². The first kappa shape index (κ1) is 10.2. The first-order chi connectivity index (χ1) is 7.09. The van der Waals surface area contributed by atoms with E-state index in [-0.39, 0.29) is 0 Å². The third-order valence-corrected chi connectivity index (χ3v) is 3.01. The van der Waals surface area contributed by atoms with E-state index in [2.05, 4.69) is 30.7 Å². The first-order valence-corrected chi connectivity index (χ1v) is 5.27. The Hall–Kier alpha value is -1.28. The number of benzene rings is 1. The maximum absolute atomic E-state index is 9.88. The zero-order chi connectivity index (χ0) is 11.0. The van der Waals surface area contributed by atoms with Crippen LogP contribution in [0.3, 0.4) is 0 Å². The molecule has 0 spiro atoms. The predicted octanol–water partition coefficient (Wildman–Crippen LogP) is 2.29. The van der Waals surface area contributed by atoms with E-state index < -0.39 is 6.10 Å². The highest BCUT2D eigenvalue weighted by Gasteiger charge is 2.17. The fourth-order valence-electron chi connectivity index (χ4n) is 2.04. The predicted molar refractivity (Wildman–Crippen MR) is 63.2 cm³/mol. The number of nitrogens with zero attached hydrogens (tertiary/aromatic N) is 1. The third kappa shape index (κ3) is 1.77. The van der Waals surface area contributed by atoms with Crippen LogP contribution < -0.4 is 4.90 Å². The van der Waals surface area contributed by atoms with Crippen molar-refractivity contribution in [3.05, 3.63) is 41.5 Å². The molecule has 0 saturated heterocycles. The molecule has 1 aromatic carbocycles. The summed E-state index contributed by atoms with van der Waals surface area (Å²) in [5, 5.41) is 9.88. The Morgan fingerprint density at radius 3 is 2.93 bits per heavy atom. The van der Waals surface area contributed by atoms with Crippen molar-refractivity contribution in [1.29, 1.82) is 0 Å². The quantitative estimate of drug-likeness (QED) is 0.745. The molecule has 0 saturated carbocycles. The number of rotatable bonds is 2. The minimum atomic E-state index is -0.527. The van der Waals surface area contributed by atoms with Gasteiger partial charge < -0.3 is 10.0 Å². The molecule has 1 unspecified atom stereocenters. The molecular formula is C13H17NO. The van der Waals surface area contributed by atoms with Crippen LogP contribution in [0, 0.1) is 0 Å². The molecule has 80 valence electrons. The van der Waals surface area contributed by atoms with E-state index in [0.717, 1.165) is 24.1 Å². The summed E-state index contributed by atoms with van der Waals surface area (Å²) in [6, 6.07) is 6.17. The van der Waals surface area contributed by atoms with Crippen molar-refractivity contribution in [2.45, 2.75) is 19.4 Å². The Morgan fingerprint density at radius 1 is 1.53 bits per heavy atom. The van der Waals surface area contributed by atoms with Crippen molar-refractivity contribution in [3.8, 4) is 0 Å². The number of hydrogen-bond donors (Lipinski definition) is 1. The molecule has 1 aromatic rings. The van der Waals surface area contributed by atoms with Gasteiger partial charge in [-0.3, -0.25) is 0 Å². The molecule has 2 rings (SSSR count). The molecule has 0 amide bonds. The molecule has 0 radical (unpaired) electrons. The summed E-state index contributed by atoms with van der Waals surface area (Å²) in [6.07, 6.45) is 0.545. The maximum Gasteiger partial charge on any atom is 0.0995 e. The Bertz CT molecular complexity index is 398. The van der Waals surface area contributed by atoms with Crippen LogP contribution in [-0.4, -0.2) is 18.7 Å². The van der Waals surface area contributed by atoms with Crippen molar-refractivity contribution in [2.24, 2.45) is 0 Å². The van der Waals surface area contributed by atoms with Gasteiger partial charge in [0.25, 0.3) is 0 Å². The van der Waals surface area contributed by atoms with Crippen LogP contribution in [0.1, 0.15) is 24.2 Å². The van der Waals surface area contributed by atoms with Gasteiger partial charge in [-0.1, -0.05) is 18.7 Å². The molecular weight excluding hydrogens is 186 g/mol. The van der Waals surface area contributed by atoms with Gasteiger partial charge in [-0.2, -0.15) is 0 Å². The lowest BCUT2D eigenvalue weighted by molar-refractivity contribution is 0.216. The number of likely N-dealkylation sites (N-methyl/N-ethyl adjacent to an activating group) is 1. The molecule has 0 aliphatic carbocycles. The fraction of sp³-hybridized carbons (Fsp3) is 0.385. The monoisotopic (exact) mass is 203 g/mol. The molecule has 0 bridgehead atoms. The van der Waals surface area contributed by atoms with Crippen LogP contribution in [0.25, 0.3) is 0 Å². The molecule has 1 heterocycles. The number of fused-ring (bicyclic) bond motifs is 1. The Balaban J connectivity index is 2.34. The fourth-order valence-corrected chi connectivity index (χ4v) is 2.04. The summed E-state index contributed by atoms with van der Waals surface area (Å²) in [4.78, 5) is 2.24. The normalized spacial score (nSPS) is 16.3. The molecule has 2 heteroatoms. The molecule has 0 aromatic heterocycles. The Kier molecular flexibility index (Phi) is 2.53. The summed E-state index contributed by atoms with van der Waals surface area (Å²) < 4.78 is 0. The van der Waals surface area contributed by atoms with Crippen molar-refractivity contribution < 1.29 is 5.11 Å². The molecule has 0 fully saturated rings. The van der Waals surface area contributed by atoms with Crippen molar-refractivity contribution >= 4 is 5.69 Å². The highest BCUT2D eigenvalue weighted by molar-refractivity contribution is 5.58. The van der Waals surface area contributed by atoms with Gasteiger partial charge in [0.05, 0.1) is 6.10 Å². The first-order valence-electron chi connectivity index (χ1n) is 5.27. The number of anilines is 1. The Labute approximate surface area is 90.8 Å². The van der Waals surface area contributed by atoms with Gasteiger partial charge >= 0.3 is 0 Å². The molecule has 1 aliphatic rings. The second-order valence-electron chi connectivity index (χ2n) is 4.31. The zero-order valence-corrected chi connectivity index (χ0v) is 9.33. The van der Waals surface area contributed by atoms with Crippen LogP contribution in [0.15, 0.2) is 30.4 Å². The topological polar surface area (TPSA) is 23.5 Å². The van der Waals surface area contributed by atoms with E-state index in [0.29, 0.717) is 0 Å². The molecule has 2 nitrogen and oxygen atoms in total. The van der Waals surface area contributed by atoms with Gasteiger partial charge in [0, 0.05) is 19.3 Å². The maximum atomic E-state index is 9.88. The number of hydrogen-bond acceptors (Lipinski definition) is 2. The molecule has 1 aliphatic heterocycles. The van der Waals surface area contributed by atoms with E-state index in [1.54, 1.807) is 0 Å². The smallest absolute Gasteiger partial charge is 0.0995 e. The molecule has 1 N–H and O–H groups in total. The summed E-state index contributed by atoms with van der Waals surface area (Å²) in [6.45, 7) is 6.70. The SMILES string of the molecule is C=C(C)C(O)c1ccc2c(c1)CCN2C. The largest absolute Gasteiger partial charge is 0.384 e. The number of aliphatic hydroxyl groups is 1. The summed E-state index contributed by atoms with van der Waals surface area (Å²) >= 11 is 0. The van der Waals surface area contributed by atoms with Crippen molar-refractivity contribution in [1.82, 2.24) is 0 Å². The minimum Gasteiger partial charge on any atom is -0.384 e. The van der Waals surface area contributed by atoms with Gasteiger partial charge in [0.1, 0.15) is 0 Å². The van der Waals surface area contributed by atoms with Gasteiger partial charge in [-0.15, -0.1) is 0 Å². The van der Waals surface area contributed by atoms with Crippen LogP contribution in [0.5, 0.6) is 0 Å². The van der Waals surface area contributed by atoms with Crippen LogP contribution in [-0.2, 0) is 6.42 Å². The minimum absolute atomic E-state index is 0.527. The van der Waals surface area contributed by atoms with Gasteiger partial charge in [-0.25, -0.2) is 0 Å². The summed E-state index contributed by atoms with van der Waals surface area (Å²) in [7, 11) is 2.10. The zero-order valence-electron chi connectivity index (χ0n) is 9.33. The van der Waals surface area contributed by atoms with E-state index in [9.17, 15) is 5.11 Å². The lowest BCUT2D eigenvalue weighted by atomic mass is 10.0. The average molecular weight is 203 g/mol. The standard InChI is InChI=1S/C13H17NO/c1-9(2)13(15)11-4-5-12-10(8-11)6-7-14(12)3/h4-5,8,13,15H,1,6-7H2,2-3H3. The summed E-state index contributed by atoms with van der Waals surface area (Å²) in [5.41, 5.74) is 4.36. The second-order valence-corrected chi connectivity index (χ2v) is 4.31. The van der Waals surface area contributed by atoms with E-state index >= 15 is 0 Å². The van der Waals surface area contributed by atoms with Gasteiger partial charge in [0.15, 0.2) is 0 Å².